The average Bonchev–Trinajstić information content (AvgIpc) is 2.97. The molecule has 2 N–H and O–H groups in total. The maximum atomic E-state index is 4.48. The Morgan fingerprint density at radius 1 is 1.15 bits per heavy atom. The summed E-state index contributed by atoms with van der Waals surface area (Å²) in [6, 6.07) is 10.7. The van der Waals surface area contributed by atoms with Crippen LogP contribution in [0, 0.1) is 0 Å². The Labute approximate surface area is 120 Å². The van der Waals surface area contributed by atoms with Crippen molar-refractivity contribution in [1.82, 2.24) is 10.3 Å². The van der Waals surface area contributed by atoms with Gasteiger partial charge in [0.1, 0.15) is 0 Å². The molecule has 0 aliphatic carbocycles. The van der Waals surface area contributed by atoms with Gasteiger partial charge in [0.25, 0.3) is 0 Å². The lowest BCUT2D eigenvalue weighted by Crippen LogP contribution is -2.16. The lowest BCUT2D eigenvalue weighted by molar-refractivity contribution is 0.674. The third-order valence-corrected chi connectivity index (χ3v) is 3.91. The van der Waals surface area contributed by atoms with E-state index in [9.17, 15) is 0 Å². The zero-order valence-electron chi connectivity index (χ0n) is 11.9. The number of para-hydroxylation sites is 1. The Balaban J connectivity index is 1.65. The first kappa shape index (κ1) is 13.1. The van der Waals surface area contributed by atoms with Crippen molar-refractivity contribution in [2.75, 3.05) is 11.9 Å². The first-order valence-corrected chi connectivity index (χ1v) is 7.36. The number of fused-ring (bicyclic) bond motifs is 1. The molecule has 0 unspecified atom stereocenters. The average molecular weight is 267 g/mol. The van der Waals surface area contributed by atoms with Crippen LogP contribution in [-0.4, -0.2) is 11.5 Å². The van der Waals surface area contributed by atoms with Crippen LogP contribution in [0.25, 0.3) is 0 Å². The van der Waals surface area contributed by atoms with Gasteiger partial charge in [-0.25, -0.2) is 0 Å². The van der Waals surface area contributed by atoms with Crippen molar-refractivity contribution >= 4 is 5.69 Å². The van der Waals surface area contributed by atoms with Crippen LogP contribution in [0.4, 0.5) is 5.69 Å². The maximum Gasteiger partial charge on any atom is 0.0573 e. The fraction of sp³-hybridized carbons (Fsp3) is 0.353. The molecule has 1 aromatic heterocycles. The van der Waals surface area contributed by atoms with Crippen LogP contribution in [0.5, 0.6) is 0 Å². The number of benzene rings is 1. The Kier molecular flexibility index (Phi) is 3.97. The van der Waals surface area contributed by atoms with E-state index in [1.807, 2.05) is 12.3 Å². The van der Waals surface area contributed by atoms with Gasteiger partial charge >= 0.3 is 0 Å². The fourth-order valence-electron chi connectivity index (χ4n) is 2.83. The number of nitrogens with zero attached hydrogens (tertiary/aromatic N) is 1. The minimum absolute atomic E-state index is 0.827. The smallest absolute Gasteiger partial charge is 0.0573 e. The standard InChI is InChI=1S/C17H21N3/c1-2-13-7-4-9-19-16(13)12-18-11-15-6-3-5-14-8-10-20-17(14)15/h3-7,9,18,20H,2,8,10-12H2,1H3. The Morgan fingerprint density at radius 2 is 2.05 bits per heavy atom. The summed E-state index contributed by atoms with van der Waals surface area (Å²) in [4.78, 5) is 4.48. The number of hydrogen-bond acceptors (Lipinski definition) is 3. The van der Waals surface area contributed by atoms with E-state index in [1.165, 1.54) is 22.4 Å². The van der Waals surface area contributed by atoms with E-state index in [4.69, 9.17) is 0 Å². The molecule has 1 aliphatic rings. The molecule has 0 bridgehead atoms. The van der Waals surface area contributed by atoms with Crippen LogP contribution < -0.4 is 10.6 Å². The van der Waals surface area contributed by atoms with Crippen LogP contribution in [0.3, 0.4) is 0 Å². The van der Waals surface area contributed by atoms with Crippen molar-refractivity contribution in [2.45, 2.75) is 32.9 Å². The highest BCUT2D eigenvalue weighted by Crippen LogP contribution is 2.26. The van der Waals surface area contributed by atoms with E-state index in [2.05, 4.69) is 46.8 Å². The minimum atomic E-state index is 0.827. The van der Waals surface area contributed by atoms with Crippen LogP contribution in [0.1, 0.15) is 29.3 Å². The highest BCUT2D eigenvalue weighted by atomic mass is 14.9. The fourth-order valence-corrected chi connectivity index (χ4v) is 2.83. The van der Waals surface area contributed by atoms with Gasteiger partial charge in [-0.2, -0.15) is 0 Å². The van der Waals surface area contributed by atoms with Gasteiger partial charge in [-0.1, -0.05) is 31.2 Å². The SMILES string of the molecule is CCc1cccnc1CNCc1cccc2c1NCC2. The van der Waals surface area contributed by atoms with Crippen LogP contribution in [-0.2, 0) is 25.9 Å². The normalized spacial score (nSPS) is 13.1. The van der Waals surface area contributed by atoms with E-state index in [-0.39, 0.29) is 0 Å². The van der Waals surface area contributed by atoms with Crippen LogP contribution >= 0.6 is 0 Å². The maximum absolute atomic E-state index is 4.48. The molecule has 2 heterocycles. The molecule has 0 spiro atoms. The van der Waals surface area contributed by atoms with E-state index < -0.39 is 0 Å². The number of aromatic nitrogens is 1. The van der Waals surface area contributed by atoms with Crippen molar-refractivity contribution in [3.8, 4) is 0 Å². The molecule has 0 amide bonds. The van der Waals surface area contributed by atoms with Crippen molar-refractivity contribution in [3.05, 3.63) is 58.9 Å². The molecule has 0 atom stereocenters. The number of nitrogens with one attached hydrogen (secondary N) is 2. The van der Waals surface area contributed by atoms with Gasteiger partial charge < -0.3 is 10.6 Å². The van der Waals surface area contributed by atoms with Gasteiger partial charge in [-0.3, -0.25) is 4.98 Å². The second kappa shape index (κ2) is 6.06. The van der Waals surface area contributed by atoms with Crippen molar-refractivity contribution < 1.29 is 0 Å². The van der Waals surface area contributed by atoms with E-state index in [0.717, 1.165) is 38.2 Å². The summed E-state index contributed by atoms with van der Waals surface area (Å²) in [5, 5.41) is 7.00. The molecule has 3 nitrogen and oxygen atoms in total. The second-order valence-electron chi connectivity index (χ2n) is 5.19. The lowest BCUT2D eigenvalue weighted by Gasteiger charge is -2.11. The topological polar surface area (TPSA) is 37.0 Å². The quantitative estimate of drug-likeness (QED) is 0.874. The largest absolute Gasteiger partial charge is 0.384 e. The number of pyridine rings is 1. The van der Waals surface area contributed by atoms with Gasteiger partial charge in [0.15, 0.2) is 0 Å². The van der Waals surface area contributed by atoms with Crippen LogP contribution in [0.2, 0.25) is 0 Å². The summed E-state index contributed by atoms with van der Waals surface area (Å²) in [6.45, 7) is 4.95. The molecule has 0 radical (unpaired) electrons. The molecular weight excluding hydrogens is 246 g/mol. The molecule has 0 saturated carbocycles. The Morgan fingerprint density at radius 3 is 2.95 bits per heavy atom. The van der Waals surface area contributed by atoms with Crippen molar-refractivity contribution in [2.24, 2.45) is 0 Å². The van der Waals surface area contributed by atoms with Crippen LogP contribution in [0.15, 0.2) is 36.5 Å². The van der Waals surface area contributed by atoms with Crippen molar-refractivity contribution in [1.29, 1.82) is 0 Å². The van der Waals surface area contributed by atoms with E-state index in [1.54, 1.807) is 0 Å². The molecule has 0 saturated heterocycles. The number of hydrogen-bond donors (Lipinski definition) is 2. The highest BCUT2D eigenvalue weighted by molar-refractivity contribution is 5.61. The highest BCUT2D eigenvalue weighted by Gasteiger charge is 2.13. The zero-order valence-corrected chi connectivity index (χ0v) is 11.9. The predicted molar refractivity (Wildman–Crippen MR) is 82.8 cm³/mol. The number of rotatable bonds is 5. The monoisotopic (exact) mass is 267 g/mol. The molecule has 2 aromatic rings. The molecule has 104 valence electrons. The summed E-state index contributed by atoms with van der Waals surface area (Å²) in [6.07, 6.45) is 4.05. The summed E-state index contributed by atoms with van der Waals surface area (Å²) in [5.41, 5.74) is 6.62. The number of anilines is 1. The lowest BCUT2D eigenvalue weighted by atomic mass is 10.1. The molecular formula is C17H21N3. The zero-order chi connectivity index (χ0) is 13.8. The summed E-state index contributed by atoms with van der Waals surface area (Å²) in [7, 11) is 0. The van der Waals surface area contributed by atoms with Gasteiger partial charge in [-0.15, -0.1) is 0 Å². The molecule has 0 fully saturated rings. The third-order valence-electron chi connectivity index (χ3n) is 3.91. The van der Waals surface area contributed by atoms with E-state index in [0.29, 0.717) is 0 Å². The third kappa shape index (κ3) is 2.68. The van der Waals surface area contributed by atoms with Gasteiger partial charge in [0.05, 0.1) is 5.69 Å². The molecule has 20 heavy (non-hydrogen) atoms. The summed E-state index contributed by atoms with van der Waals surface area (Å²) < 4.78 is 0. The first-order valence-electron chi connectivity index (χ1n) is 7.36. The Hall–Kier alpha value is -1.87. The molecule has 3 rings (SSSR count). The predicted octanol–water partition coefficient (Wildman–Crippen LogP) is 2.90. The molecule has 3 heteroatoms. The van der Waals surface area contributed by atoms with Gasteiger partial charge in [-0.05, 0) is 35.6 Å². The first-order chi connectivity index (χ1) is 9.88. The molecule has 1 aliphatic heterocycles. The van der Waals surface area contributed by atoms with Gasteiger partial charge in [0, 0.05) is 31.5 Å². The van der Waals surface area contributed by atoms with Crippen molar-refractivity contribution in [3.63, 3.8) is 0 Å². The van der Waals surface area contributed by atoms with Gasteiger partial charge in [0.2, 0.25) is 0 Å². The minimum Gasteiger partial charge on any atom is -0.384 e. The summed E-state index contributed by atoms with van der Waals surface area (Å²) in [5.74, 6) is 0. The number of aryl methyl sites for hydroxylation is 1. The Bertz CT molecular complexity index is 593. The summed E-state index contributed by atoms with van der Waals surface area (Å²) >= 11 is 0. The molecule has 1 aromatic carbocycles. The second-order valence-corrected chi connectivity index (χ2v) is 5.19. The van der Waals surface area contributed by atoms with E-state index >= 15 is 0 Å².